The van der Waals surface area contributed by atoms with Crippen molar-refractivity contribution >= 4 is 17.5 Å². The van der Waals surface area contributed by atoms with Gasteiger partial charge in [-0.25, -0.2) is 0 Å². The summed E-state index contributed by atoms with van der Waals surface area (Å²) in [5.74, 6) is 0.0552. The summed E-state index contributed by atoms with van der Waals surface area (Å²) in [4.78, 5) is 27.0. The molecular formula is C24H31N3O4. The number of rotatable bonds is 8. The number of anilines is 1. The number of carbonyl (C=O) groups is 2. The van der Waals surface area contributed by atoms with E-state index in [1.165, 1.54) is 19.8 Å². The van der Waals surface area contributed by atoms with E-state index < -0.39 is 11.8 Å². The Hall–Kier alpha value is -3.06. The summed E-state index contributed by atoms with van der Waals surface area (Å²) in [5.41, 5.74) is 1.75. The van der Waals surface area contributed by atoms with Gasteiger partial charge in [0, 0.05) is 19.2 Å². The van der Waals surface area contributed by atoms with E-state index in [1.807, 2.05) is 6.07 Å². The Morgan fingerprint density at radius 2 is 1.74 bits per heavy atom. The maximum Gasteiger partial charge on any atom is 0.313 e. The van der Waals surface area contributed by atoms with Crippen molar-refractivity contribution in [1.29, 1.82) is 0 Å². The summed E-state index contributed by atoms with van der Waals surface area (Å²) in [6.45, 7) is 3.59. The van der Waals surface area contributed by atoms with Crippen molar-refractivity contribution in [3.05, 3.63) is 54.1 Å². The molecule has 3 rings (SSSR count). The summed E-state index contributed by atoms with van der Waals surface area (Å²) >= 11 is 0. The number of nitrogens with zero attached hydrogens (tertiary/aromatic N) is 1. The molecule has 31 heavy (non-hydrogen) atoms. The lowest BCUT2D eigenvalue weighted by Gasteiger charge is -2.32. The Kier molecular flexibility index (Phi) is 8.29. The van der Waals surface area contributed by atoms with Crippen LogP contribution in [0.3, 0.4) is 0 Å². The van der Waals surface area contributed by atoms with Crippen LogP contribution in [0.1, 0.15) is 18.4 Å². The maximum atomic E-state index is 12.3. The zero-order valence-corrected chi connectivity index (χ0v) is 18.2. The van der Waals surface area contributed by atoms with Gasteiger partial charge in [-0.1, -0.05) is 30.3 Å². The zero-order chi connectivity index (χ0) is 22.1. The van der Waals surface area contributed by atoms with E-state index in [1.54, 1.807) is 18.2 Å². The van der Waals surface area contributed by atoms with Gasteiger partial charge in [-0.05, 0) is 56.0 Å². The van der Waals surface area contributed by atoms with Crippen molar-refractivity contribution in [3.8, 4) is 11.5 Å². The molecule has 1 heterocycles. The number of methoxy groups -OCH3 is 2. The van der Waals surface area contributed by atoms with E-state index in [9.17, 15) is 9.59 Å². The summed E-state index contributed by atoms with van der Waals surface area (Å²) in [5, 5.41) is 5.37. The first kappa shape index (κ1) is 22.6. The first-order valence-corrected chi connectivity index (χ1v) is 10.7. The van der Waals surface area contributed by atoms with Crippen LogP contribution < -0.4 is 20.1 Å². The van der Waals surface area contributed by atoms with Crippen molar-refractivity contribution < 1.29 is 19.1 Å². The number of amides is 2. The van der Waals surface area contributed by atoms with Crippen LogP contribution in [0.5, 0.6) is 11.5 Å². The molecular weight excluding hydrogens is 394 g/mol. The van der Waals surface area contributed by atoms with Crippen LogP contribution in [0.15, 0.2) is 48.5 Å². The van der Waals surface area contributed by atoms with E-state index in [0.29, 0.717) is 29.6 Å². The first-order chi connectivity index (χ1) is 15.1. The Morgan fingerprint density at radius 3 is 2.42 bits per heavy atom. The summed E-state index contributed by atoms with van der Waals surface area (Å²) < 4.78 is 10.4. The van der Waals surface area contributed by atoms with Gasteiger partial charge >= 0.3 is 11.8 Å². The van der Waals surface area contributed by atoms with Gasteiger partial charge in [0.15, 0.2) is 0 Å². The lowest BCUT2D eigenvalue weighted by molar-refractivity contribution is -0.136. The van der Waals surface area contributed by atoms with Crippen LogP contribution in [-0.2, 0) is 16.0 Å². The average Bonchev–Trinajstić information content (AvgIpc) is 2.82. The Balaban J connectivity index is 1.39. The molecule has 2 N–H and O–H groups in total. The molecule has 0 radical (unpaired) electrons. The lowest BCUT2D eigenvalue weighted by Crippen LogP contribution is -2.42. The fourth-order valence-corrected chi connectivity index (χ4v) is 3.75. The average molecular weight is 426 g/mol. The highest BCUT2D eigenvalue weighted by atomic mass is 16.5. The number of piperidine rings is 1. The third kappa shape index (κ3) is 6.72. The van der Waals surface area contributed by atoms with Gasteiger partial charge in [-0.3, -0.25) is 9.59 Å². The second-order valence-corrected chi connectivity index (χ2v) is 7.75. The summed E-state index contributed by atoms with van der Waals surface area (Å²) in [6.07, 6.45) is 3.08. The van der Waals surface area contributed by atoms with Crippen LogP contribution >= 0.6 is 0 Å². The molecule has 7 nitrogen and oxygen atoms in total. The topological polar surface area (TPSA) is 79.9 Å². The third-order valence-electron chi connectivity index (χ3n) is 5.68. The standard InChI is InChI=1S/C24H31N3O4/c1-30-20-8-9-22(31-2)21(16-20)26-24(29)23(28)25-17-19-11-14-27(15-12-19)13-10-18-6-4-3-5-7-18/h3-9,16,19H,10-15,17H2,1-2H3,(H,25,28)(H,26,29). The van der Waals surface area contributed by atoms with Gasteiger partial charge in [-0.2, -0.15) is 0 Å². The van der Waals surface area contributed by atoms with Crippen LogP contribution in [0.4, 0.5) is 5.69 Å². The summed E-state index contributed by atoms with van der Waals surface area (Å²) in [6, 6.07) is 15.5. The number of benzene rings is 2. The van der Waals surface area contributed by atoms with Crippen molar-refractivity contribution in [2.75, 3.05) is 45.7 Å². The third-order valence-corrected chi connectivity index (χ3v) is 5.68. The maximum absolute atomic E-state index is 12.3. The van der Waals surface area contributed by atoms with Crippen LogP contribution in [0.2, 0.25) is 0 Å². The van der Waals surface area contributed by atoms with E-state index in [0.717, 1.165) is 38.9 Å². The minimum Gasteiger partial charge on any atom is -0.497 e. The molecule has 2 aromatic rings. The SMILES string of the molecule is COc1ccc(OC)c(NC(=O)C(=O)NCC2CCN(CCc3ccccc3)CC2)c1. The van der Waals surface area contributed by atoms with E-state index in [-0.39, 0.29) is 0 Å². The van der Waals surface area contributed by atoms with E-state index >= 15 is 0 Å². The van der Waals surface area contributed by atoms with Crippen molar-refractivity contribution in [2.45, 2.75) is 19.3 Å². The highest BCUT2D eigenvalue weighted by Crippen LogP contribution is 2.28. The molecule has 7 heteroatoms. The van der Waals surface area contributed by atoms with Gasteiger partial charge in [0.05, 0.1) is 19.9 Å². The fourth-order valence-electron chi connectivity index (χ4n) is 3.75. The van der Waals surface area contributed by atoms with Gasteiger partial charge in [-0.15, -0.1) is 0 Å². The molecule has 0 aromatic heterocycles. The molecule has 1 aliphatic rings. The van der Waals surface area contributed by atoms with Gasteiger partial charge in [0.2, 0.25) is 0 Å². The van der Waals surface area contributed by atoms with Crippen LogP contribution in [0, 0.1) is 5.92 Å². The molecule has 0 saturated carbocycles. The first-order valence-electron chi connectivity index (χ1n) is 10.7. The van der Waals surface area contributed by atoms with E-state index in [4.69, 9.17) is 9.47 Å². The Bertz CT molecular complexity index is 864. The molecule has 1 aliphatic heterocycles. The molecule has 2 amide bonds. The zero-order valence-electron chi connectivity index (χ0n) is 18.2. The number of hydrogen-bond acceptors (Lipinski definition) is 5. The van der Waals surface area contributed by atoms with Gasteiger partial charge in [0.25, 0.3) is 0 Å². The molecule has 2 aromatic carbocycles. The molecule has 166 valence electrons. The minimum atomic E-state index is -0.716. The summed E-state index contributed by atoms with van der Waals surface area (Å²) in [7, 11) is 3.04. The van der Waals surface area contributed by atoms with Crippen molar-refractivity contribution in [2.24, 2.45) is 5.92 Å². The molecule has 1 fully saturated rings. The molecule has 1 saturated heterocycles. The highest BCUT2D eigenvalue weighted by molar-refractivity contribution is 6.39. The van der Waals surface area contributed by atoms with E-state index in [2.05, 4.69) is 39.8 Å². The molecule has 0 spiro atoms. The number of likely N-dealkylation sites (tertiary alicyclic amines) is 1. The molecule has 0 bridgehead atoms. The molecule has 0 aliphatic carbocycles. The Labute approximate surface area is 183 Å². The number of ether oxygens (including phenoxy) is 2. The monoisotopic (exact) mass is 425 g/mol. The van der Waals surface area contributed by atoms with Crippen LogP contribution in [-0.4, -0.2) is 57.1 Å². The predicted molar refractivity (Wildman–Crippen MR) is 120 cm³/mol. The van der Waals surface area contributed by atoms with Gasteiger partial charge < -0.3 is 25.0 Å². The fraction of sp³-hybridized carbons (Fsp3) is 0.417. The van der Waals surface area contributed by atoms with Crippen LogP contribution in [0.25, 0.3) is 0 Å². The minimum absolute atomic E-state index is 0.385. The Morgan fingerprint density at radius 1 is 1.00 bits per heavy atom. The normalized spacial score (nSPS) is 14.6. The second kappa shape index (κ2) is 11.4. The molecule has 0 atom stereocenters. The quantitative estimate of drug-likeness (QED) is 0.636. The lowest BCUT2D eigenvalue weighted by atomic mass is 9.96. The number of carbonyl (C=O) groups excluding carboxylic acids is 2. The second-order valence-electron chi connectivity index (χ2n) is 7.75. The predicted octanol–water partition coefficient (Wildman–Crippen LogP) is 2.71. The van der Waals surface area contributed by atoms with Crippen molar-refractivity contribution in [3.63, 3.8) is 0 Å². The number of nitrogens with one attached hydrogen (secondary N) is 2. The largest absolute Gasteiger partial charge is 0.497 e. The smallest absolute Gasteiger partial charge is 0.313 e. The molecule has 0 unspecified atom stereocenters. The number of hydrogen-bond donors (Lipinski definition) is 2. The highest BCUT2D eigenvalue weighted by Gasteiger charge is 2.22. The van der Waals surface area contributed by atoms with Crippen molar-refractivity contribution in [1.82, 2.24) is 10.2 Å². The van der Waals surface area contributed by atoms with Gasteiger partial charge in [0.1, 0.15) is 11.5 Å².